The molecule has 0 N–H and O–H groups in total. The predicted octanol–water partition coefficient (Wildman–Crippen LogP) is 3.76. The van der Waals surface area contributed by atoms with Gasteiger partial charge < -0.3 is 19.1 Å². The Morgan fingerprint density at radius 2 is 2.12 bits per heavy atom. The zero-order valence-corrected chi connectivity index (χ0v) is 17.6. The normalized spacial score (nSPS) is 23.1. The van der Waals surface area contributed by atoms with Crippen LogP contribution in [0.15, 0.2) is 42.6 Å². The van der Waals surface area contributed by atoms with Crippen molar-refractivity contribution in [2.24, 2.45) is 0 Å². The molecule has 1 amide bonds. The molecule has 0 saturated carbocycles. The molecule has 172 valence electrons. The van der Waals surface area contributed by atoms with E-state index in [2.05, 4.69) is 9.72 Å². The Morgan fingerprint density at radius 1 is 1.28 bits per heavy atom. The van der Waals surface area contributed by atoms with E-state index in [9.17, 15) is 18.0 Å². The van der Waals surface area contributed by atoms with E-state index >= 15 is 0 Å². The van der Waals surface area contributed by atoms with Crippen LogP contribution in [-0.4, -0.2) is 61.4 Å². The summed E-state index contributed by atoms with van der Waals surface area (Å²) in [6.07, 6.45) is -2.86. The fourth-order valence-electron chi connectivity index (χ4n) is 3.88. The molecule has 2 unspecified atom stereocenters. The molecule has 2 atom stereocenters. The lowest BCUT2D eigenvalue weighted by atomic mass is 9.85. The Kier molecular flexibility index (Phi) is 6.57. The van der Waals surface area contributed by atoms with Crippen molar-refractivity contribution in [3.8, 4) is 5.75 Å². The summed E-state index contributed by atoms with van der Waals surface area (Å²) in [5, 5.41) is 0.114. The Hall–Kier alpha value is -2.40. The number of hydrogen-bond donors (Lipinski definition) is 0. The van der Waals surface area contributed by atoms with E-state index in [0.29, 0.717) is 25.1 Å². The number of alkyl halides is 3. The highest BCUT2D eigenvalue weighted by Gasteiger charge is 2.52. The number of fused-ring (bicyclic) bond motifs is 1. The number of benzene rings is 1. The van der Waals surface area contributed by atoms with Crippen molar-refractivity contribution < 1.29 is 36.9 Å². The van der Waals surface area contributed by atoms with Gasteiger partial charge in [-0.2, -0.15) is 0 Å². The van der Waals surface area contributed by atoms with Gasteiger partial charge in [0.1, 0.15) is 30.9 Å². The number of carbonyl (C=O) groups is 1. The lowest BCUT2D eigenvalue weighted by Gasteiger charge is -2.41. The number of rotatable bonds is 6. The van der Waals surface area contributed by atoms with Crippen LogP contribution in [0.2, 0.25) is 5.02 Å². The summed E-state index contributed by atoms with van der Waals surface area (Å²) in [5.74, 6) is -0.0849. The maximum absolute atomic E-state index is 13.0. The van der Waals surface area contributed by atoms with Crippen LogP contribution in [0.25, 0.3) is 0 Å². The van der Waals surface area contributed by atoms with Gasteiger partial charge in [-0.3, -0.25) is 14.5 Å². The molecule has 0 radical (unpaired) electrons. The second-order valence-electron chi connectivity index (χ2n) is 7.31. The highest BCUT2D eigenvalue weighted by molar-refractivity contribution is 6.32. The first-order chi connectivity index (χ1) is 15.3. The van der Waals surface area contributed by atoms with Gasteiger partial charge in [-0.05, 0) is 30.3 Å². The van der Waals surface area contributed by atoms with Crippen LogP contribution in [-0.2, 0) is 19.8 Å². The minimum Gasteiger partial charge on any atom is -0.490 e. The van der Waals surface area contributed by atoms with Crippen molar-refractivity contribution in [1.82, 2.24) is 9.88 Å². The topological polar surface area (TPSA) is 70.1 Å². The van der Waals surface area contributed by atoms with E-state index in [4.69, 9.17) is 25.8 Å². The van der Waals surface area contributed by atoms with E-state index < -0.39 is 18.6 Å². The second-order valence-corrected chi connectivity index (χ2v) is 7.72. The maximum atomic E-state index is 13.0. The number of ether oxygens (including phenoxy) is 4. The number of nitrogens with zero attached hydrogens (tertiary/aromatic N) is 2. The molecule has 3 heterocycles. The Bertz CT molecular complexity index is 962. The summed E-state index contributed by atoms with van der Waals surface area (Å²) in [7, 11) is 0. The maximum Gasteiger partial charge on any atom is 0.522 e. The summed E-state index contributed by atoms with van der Waals surface area (Å²) in [4.78, 5) is 19.1. The standard InChI is InChI=1S/C21H20ClF3N2O5/c22-15-11-14(4-5-16(15)29-9-10-31-21(23,24)25)19(28)27-8-6-20(17-3-1-2-7-26-17)18(12-27)30-13-32-20/h1-5,7,11,18H,6,8-10,12-13H2. The SMILES string of the molecule is O=C(c1ccc(OCCOC(F)(F)F)c(Cl)c1)N1CCC2(c3ccccn3)OCOC2C1. The number of halogens is 4. The lowest BCUT2D eigenvalue weighted by molar-refractivity contribution is -0.325. The van der Waals surface area contributed by atoms with E-state index in [-0.39, 0.29) is 36.2 Å². The largest absolute Gasteiger partial charge is 0.522 e. The lowest BCUT2D eigenvalue weighted by Crippen LogP contribution is -2.53. The zero-order valence-electron chi connectivity index (χ0n) is 16.8. The van der Waals surface area contributed by atoms with Crippen molar-refractivity contribution in [1.29, 1.82) is 0 Å². The highest BCUT2D eigenvalue weighted by Crippen LogP contribution is 2.42. The van der Waals surface area contributed by atoms with Gasteiger partial charge in [0.05, 0.1) is 23.9 Å². The van der Waals surface area contributed by atoms with Crippen LogP contribution in [0.5, 0.6) is 5.75 Å². The first-order valence-electron chi connectivity index (χ1n) is 9.88. The molecular formula is C21H20ClF3N2O5. The molecule has 2 aromatic rings. The summed E-state index contributed by atoms with van der Waals surface area (Å²) >= 11 is 6.16. The molecule has 0 bridgehead atoms. The van der Waals surface area contributed by atoms with E-state index in [0.717, 1.165) is 5.69 Å². The Morgan fingerprint density at radius 3 is 2.84 bits per heavy atom. The highest BCUT2D eigenvalue weighted by atomic mass is 35.5. The van der Waals surface area contributed by atoms with Crippen LogP contribution >= 0.6 is 11.6 Å². The first-order valence-corrected chi connectivity index (χ1v) is 10.3. The summed E-state index contributed by atoms with van der Waals surface area (Å²) in [6.45, 7) is -0.137. The Labute approximate surface area is 187 Å². The molecule has 1 aromatic heterocycles. The molecule has 2 aliphatic rings. The van der Waals surface area contributed by atoms with Gasteiger partial charge in [0.15, 0.2) is 0 Å². The van der Waals surface area contributed by atoms with Crippen molar-refractivity contribution in [3.05, 3.63) is 58.9 Å². The quantitative estimate of drug-likeness (QED) is 0.596. The van der Waals surface area contributed by atoms with Crippen molar-refractivity contribution in [2.45, 2.75) is 24.5 Å². The monoisotopic (exact) mass is 472 g/mol. The fourth-order valence-corrected chi connectivity index (χ4v) is 4.12. The van der Waals surface area contributed by atoms with Gasteiger partial charge in [-0.25, -0.2) is 0 Å². The van der Waals surface area contributed by atoms with E-state index in [1.54, 1.807) is 11.1 Å². The first kappa shape index (κ1) is 22.8. The fraction of sp³-hybridized carbons (Fsp3) is 0.429. The summed E-state index contributed by atoms with van der Waals surface area (Å²) in [5.41, 5.74) is 0.415. The molecule has 1 aromatic carbocycles. The average molecular weight is 473 g/mol. The van der Waals surface area contributed by atoms with Gasteiger partial charge in [-0.1, -0.05) is 17.7 Å². The van der Waals surface area contributed by atoms with Gasteiger partial charge in [0.25, 0.3) is 5.91 Å². The molecular weight excluding hydrogens is 453 g/mol. The molecule has 2 saturated heterocycles. The van der Waals surface area contributed by atoms with Crippen LogP contribution in [0.1, 0.15) is 22.5 Å². The number of pyridine rings is 1. The number of aromatic nitrogens is 1. The molecule has 2 fully saturated rings. The molecule has 7 nitrogen and oxygen atoms in total. The third-order valence-corrected chi connectivity index (χ3v) is 5.71. The molecule has 0 spiro atoms. The number of carbonyl (C=O) groups excluding carboxylic acids is 1. The number of likely N-dealkylation sites (tertiary alicyclic amines) is 1. The number of amides is 1. The van der Waals surface area contributed by atoms with Crippen LogP contribution in [0.3, 0.4) is 0 Å². The second kappa shape index (κ2) is 9.22. The van der Waals surface area contributed by atoms with E-state index in [1.165, 1.54) is 18.2 Å². The van der Waals surface area contributed by atoms with Crippen molar-refractivity contribution in [3.63, 3.8) is 0 Å². The molecule has 0 aliphatic carbocycles. The van der Waals surface area contributed by atoms with E-state index in [1.807, 2.05) is 18.2 Å². The van der Waals surface area contributed by atoms with Crippen LogP contribution in [0.4, 0.5) is 13.2 Å². The van der Waals surface area contributed by atoms with Gasteiger partial charge in [0, 0.05) is 24.7 Å². The van der Waals surface area contributed by atoms with Crippen molar-refractivity contribution in [2.75, 3.05) is 33.1 Å². The molecule has 32 heavy (non-hydrogen) atoms. The molecule has 2 aliphatic heterocycles. The zero-order chi connectivity index (χ0) is 22.8. The third-order valence-electron chi connectivity index (χ3n) is 5.42. The van der Waals surface area contributed by atoms with Crippen LogP contribution < -0.4 is 4.74 Å². The summed E-state index contributed by atoms with van der Waals surface area (Å²) in [6, 6.07) is 9.98. The number of hydrogen-bond acceptors (Lipinski definition) is 6. The van der Waals surface area contributed by atoms with Gasteiger partial charge in [0.2, 0.25) is 0 Å². The Balaban J connectivity index is 1.39. The predicted molar refractivity (Wildman–Crippen MR) is 106 cm³/mol. The minimum atomic E-state index is -4.72. The smallest absolute Gasteiger partial charge is 0.490 e. The van der Waals surface area contributed by atoms with Gasteiger partial charge in [-0.15, -0.1) is 13.2 Å². The molecule has 11 heteroatoms. The van der Waals surface area contributed by atoms with Crippen LogP contribution in [0, 0.1) is 0 Å². The summed E-state index contributed by atoms with van der Waals surface area (Å²) < 4.78 is 56.6. The minimum absolute atomic E-state index is 0.114. The third kappa shape index (κ3) is 4.83. The molecule has 4 rings (SSSR count). The average Bonchev–Trinajstić information content (AvgIpc) is 3.21. The number of piperidine rings is 1. The van der Waals surface area contributed by atoms with Crippen molar-refractivity contribution >= 4 is 17.5 Å². The van der Waals surface area contributed by atoms with Gasteiger partial charge >= 0.3 is 6.36 Å².